The minimum absolute atomic E-state index is 0.0140. The first kappa shape index (κ1) is 20.0. The minimum atomic E-state index is -0.949. The zero-order valence-corrected chi connectivity index (χ0v) is 16.3. The van der Waals surface area contributed by atoms with Gasteiger partial charge in [0.15, 0.2) is 17.2 Å². The molecule has 0 aliphatic carbocycles. The zero-order valence-electron chi connectivity index (χ0n) is 16.3. The fourth-order valence-electron chi connectivity index (χ4n) is 3.19. The van der Waals surface area contributed by atoms with E-state index in [1.165, 1.54) is 19.2 Å². The number of hydrogen-bond donors (Lipinski definition) is 2. The Morgan fingerprint density at radius 2 is 1.97 bits per heavy atom. The van der Waals surface area contributed by atoms with Gasteiger partial charge < -0.3 is 19.3 Å². The first-order valence-electron chi connectivity index (χ1n) is 9.17. The largest absolute Gasteiger partial charge is 0.504 e. The van der Waals surface area contributed by atoms with Crippen molar-refractivity contribution in [2.45, 2.75) is 6.10 Å². The summed E-state index contributed by atoms with van der Waals surface area (Å²) < 4.78 is 16.3. The van der Waals surface area contributed by atoms with Crippen molar-refractivity contribution in [3.05, 3.63) is 64.2 Å². The average Bonchev–Trinajstić information content (AvgIpc) is 2.77. The Balaban J connectivity index is 1.48. The Labute approximate surface area is 175 Å². The van der Waals surface area contributed by atoms with E-state index in [9.17, 15) is 20.0 Å². The molecule has 158 valence electrons. The quantitative estimate of drug-likeness (QED) is 0.366. The van der Waals surface area contributed by atoms with Crippen LogP contribution in [0, 0.1) is 10.1 Å². The zero-order chi connectivity index (χ0) is 22.0. The molecule has 10 nitrogen and oxygen atoms in total. The number of aromatic hydroxyl groups is 1. The summed E-state index contributed by atoms with van der Waals surface area (Å²) >= 11 is 0. The summed E-state index contributed by atoms with van der Waals surface area (Å²) in [5, 5.41) is 26.8. The Morgan fingerprint density at radius 3 is 2.65 bits per heavy atom. The van der Waals surface area contributed by atoms with Crippen LogP contribution in [0.15, 0.2) is 53.6 Å². The third kappa shape index (κ3) is 3.90. The molecule has 1 amide bonds. The third-order valence-corrected chi connectivity index (χ3v) is 4.67. The standard InChI is InChI=1S/C21H17N3O7/c1-29-20-15(25)7-6-14(19(20)24(27)28)10-22-23-21(26)18-11-30-16-8-12-4-2-3-5-13(12)9-17(16)31-18/h2-10,18,25H,11H2,1H3,(H,23,26). The van der Waals surface area contributed by atoms with Crippen LogP contribution in [0.25, 0.3) is 10.8 Å². The van der Waals surface area contributed by atoms with E-state index in [2.05, 4.69) is 10.5 Å². The molecular weight excluding hydrogens is 406 g/mol. The molecule has 0 bridgehead atoms. The predicted molar refractivity (Wildman–Crippen MR) is 111 cm³/mol. The third-order valence-electron chi connectivity index (χ3n) is 4.67. The number of carbonyl (C=O) groups excluding carboxylic acids is 1. The van der Waals surface area contributed by atoms with Gasteiger partial charge in [0, 0.05) is 0 Å². The molecule has 0 saturated carbocycles. The van der Waals surface area contributed by atoms with Gasteiger partial charge in [-0.15, -0.1) is 0 Å². The highest BCUT2D eigenvalue weighted by Gasteiger charge is 2.28. The van der Waals surface area contributed by atoms with E-state index in [0.717, 1.165) is 17.0 Å². The van der Waals surface area contributed by atoms with Gasteiger partial charge >= 0.3 is 5.69 Å². The lowest BCUT2D eigenvalue weighted by Crippen LogP contribution is -2.42. The van der Waals surface area contributed by atoms with E-state index in [0.29, 0.717) is 11.5 Å². The lowest BCUT2D eigenvalue weighted by Gasteiger charge is -2.25. The molecule has 1 heterocycles. The highest BCUT2D eigenvalue weighted by molar-refractivity contribution is 5.90. The normalized spacial score (nSPS) is 15.1. The maximum absolute atomic E-state index is 12.4. The summed E-state index contributed by atoms with van der Waals surface area (Å²) in [6, 6.07) is 13.8. The minimum Gasteiger partial charge on any atom is -0.504 e. The van der Waals surface area contributed by atoms with Crippen LogP contribution >= 0.6 is 0 Å². The molecule has 3 aromatic carbocycles. The van der Waals surface area contributed by atoms with E-state index in [-0.39, 0.29) is 23.7 Å². The van der Waals surface area contributed by atoms with E-state index in [1.54, 1.807) is 6.07 Å². The Hall–Kier alpha value is -4.34. The van der Waals surface area contributed by atoms with Crippen LogP contribution in [0.1, 0.15) is 5.56 Å². The number of phenolic OH excluding ortho intramolecular Hbond substituents is 1. The number of rotatable bonds is 5. The molecule has 1 aliphatic heterocycles. The molecule has 3 aromatic rings. The summed E-state index contributed by atoms with van der Waals surface area (Å²) in [6.45, 7) is -0.0140. The smallest absolute Gasteiger partial charge is 0.323 e. The van der Waals surface area contributed by atoms with Crippen LogP contribution in [0.4, 0.5) is 5.69 Å². The monoisotopic (exact) mass is 423 g/mol. The first-order chi connectivity index (χ1) is 15.0. The lowest BCUT2D eigenvalue weighted by atomic mass is 10.1. The van der Waals surface area contributed by atoms with Gasteiger partial charge in [-0.2, -0.15) is 5.10 Å². The van der Waals surface area contributed by atoms with Gasteiger partial charge in [0.05, 0.1) is 23.8 Å². The summed E-state index contributed by atoms with van der Waals surface area (Å²) in [6.07, 6.45) is 0.138. The number of phenols is 1. The molecule has 31 heavy (non-hydrogen) atoms. The number of nitro groups is 1. The number of nitrogens with zero attached hydrogens (tertiary/aromatic N) is 2. The van der Waals surface area contributed by atoms with Gasteiger partial charge in [0.1, 0.15) is 6.61 Å². The SMILES string of the molecule is COc1c(O)ccc(C=NNC(=O)C2COc3cc4ccccc4cc3O2)c1[N+](=O)[O-]. The number of amides is 1. The second kappa shape index (κ2) is 8.19. The average molecular weight is 423 g/mol. The number of hydrogen-bond acceptors (Lipinski definition) is 8. The maximum Gasteiger partial charge on any atom is 0.323 e. The molecule has 10 heteroatoms. The van der Waals surface area contributed by atoms with Gasteiger partial charge in [-0.1, -0.05) is 24.3 Å². The number of ether oxygens (including phenoxy) is 3. The lowest BCUT2D eigenvalue weighted by molar-refractivity contribution is -0.386. The van der Waals surface area contributed by atoms with Gasteiger partial charge in [0.25, 0.3) is 5.91 Å². The molecule has 2 N–H and O–H groups in total. The molecule has 1 aliphatic rings. The van der Waals surface area contributed by atoms with Crippen molar-refractivity contribution in [2.75, 3.05) is 13.7 Å². The summed E-state index contributed by atoms with van der Waals surface area (Å²) in [7, 11) is 1.20. The van der Waals surface area contributed by atoms with Crippen molar-refractivity contribution < 1.29 is 29.0 Å². The molecule has 1 atom stereocenters. The van der Waals surface area contributed by atoms with Crippen LogP contribution < -0.4 is 19.6 Å². The summed E-state index contributed by atoms with van der Waals surface area (Å²) in [5.74, 6) is -0.281. The number of nitrogens with one attached hydrogen (secondary N) is 1. The molecule has 0 spiro atoms. The van der Waals surface area contributed by atoms with Crippen molar-refractivity contribution in [1.29, 1.82) is 0 Å². The molecule has 1 unspecified atom stereocenters. The fraction of sp³-hybridized carbons (Fsp3) is 0.143. The highest BCUT2D eigenvalue weighted by atomic mass is 16.6. The molecular formula is C21H17N3O7. The van der Waals surface area contributed by atoms with Crippen LogP contribution in [0.2, 0.25) is 0 Å². The van der Waals surface area contributed by atoms with Crippen molar-refractivity contribution in [3.8, 4) is 23.0 Å². The van der Waals surface area contributed by atoms with Gasteiger partial charge in [0.2, 0.25) is 11.9 Å². The summed E-state index contributed by atoms with van der Waals surface area (Å²) in [5.41, 5.74) is 1.85. The Bertz CT molecular complexity index is 1210. The van der Waals surface area contributed by atoms with Crippen molar-refractivity contribution in [2.24, 2.45) is 5.10 Å². The number of hydrazone groups is 1. The second-order valence-corrected chi connectivity index (χ2v) is 6.61. The van der Waals surface area contributed by atoms with E-state index in [1.807, 2.05) is 30.3 Å². The molecule has 0 radical (unpaired) electrons. The van der Waals surface area contributed by atoms with E-state index >= 15 is 0 Å². The number of methoxy groups -OCH3 is 1. The topological polar surface area (TPSA) is 133 Å². The van der Waals surface area contributed by atoms with E-state index < -0.39 is 22.6 Å². The van der Waals surface area contributed by atoms with Crippen LogP contribution in [0.5, 0.6) is 23.0 Å². The Kier molecular flexibility index (Phi) is 5.27. The molecule has 0 aromatic heterocycles. The number of benzene rings is 3. The van der Waals surface area contributed by atoms with Gasteiger partial charge in [-0.3, -0.25) is 14.9 Å². The molecule has 0 saturated heterocycles. The highest BCUT2D eigenvalue weighted by Crippen LogP contribution is 2.38. The number of nitro benzene ring substituents is 1. The van der Waals surface area contributed by atoms with E-state index in [4.69, 9.17) is 14.2 Å². The number of fused-ring (bicyclic) bond motifs is 2. The fourth-order valence-corrected chi connectivity index (χ4v) is 3.19. The van der Waals surface area contributed by atoms with Crippen LogP contribution in [-0.4, -0.2) is 42.0 Å². The molecule has 4 rings (SSSR count). The number of carbonyl (C=O) groups is 1. The van der Waals surface area contributed by atoms with Crippen LogP contribution in [0.3, 0.4) is 0 Å². The van der Waals surface area contributed by atoms with Crippen molar-refractivity contribution in [3.63, 3.8) is 0 Å². The maximum atomic E-state index is 12.4. The van der Waals surface area contributed by atoms with Crippen molar-refractivity contribution in [1.82, 2.24) is 5.43 Å². The second-order valence-electron chi connectivity index (χ2n) is 6.61. The molecule has 0 fully saturated rings. The predicted octanol–water partition coefficient (Wildman–Crippen LogP) is 2.75. The first-order valence-corrected chi connectivity index (χ1v) is 9.17. The van der Waals surface area contributed by atoms with Gasteiger partial charge in [-0.25, -0.2) is 5.43 Å². The Morgan fingerprint density at radius 1 is 1.26 bits per heavy atom. The van der Waals surface area contributed by atoms with Gasteiger partial charge in [-0.05, 0) is 35.0 Å². The summed E-state index contributed by atoms with van der Waals surface area (Å²) in [4.78, 5) is 23.1. The van der Waals surface area contributed by atoms with Crippen molar-refractivity contribution >= 4 is 28.6 Å². The van der Waals surface area contributed by atoms with Crippen LogP contribution in [-0.2, 0) is 4.79 Å².